The molecule has 3 heteroatoms. The number of rotatable bonds is 3. The molecule has 1 unspecified atom stereocenters. The van der Waals surface area contributed by atoms with Crippen LogP contribution in [0.25, 0.3) is 0 Å². The molecule has 0 bridgehead atoms. The summed E-state index contributed by atoms with van der Waals surface area (Å²) in [4.78, 5) is 11.3. The van der Waals surface area contributed by atoms with Crippen LogP contribution in [0.1, 0.15) is 31.3 Å². The van der Waals surface area contributed by atoms with E-state index in [9.17, 15) is 4.79 Å². The highest BCUT2D eigenvalue weighted by Crippen LogP contribution is 2.22. The number of aromatic nitrogens is 1. The van der Waals surface area contributed by atoms with Gasteiger partial charge >= 0.3 is 0 Å². The van der Waals surface area contributed by atoms with Gasteiger partial charge in [0, 0.05) is 11.4 Å². The lowest BCUT2D eigenvalue weighted by Gasteiger charge is -2.22. The van der Waals surface area contributed by atoms with Crippen molar-refractivity contribution in [1.29, 1.82) is 0 Å². The second kappa shape index (κ2) is 3.86. The van der Waals surface area contributed by atoms with E-state index < -0.39 is 0 Å². The van der Waals surface area contributed by atoms with E-state index in [2.05, 4.69) is 0 Å². The van der Waals surface area contributed by atoms with Gasteiger partial charge in [0.25, 0.3) is 0 Å². The van der Waals surface area contributed by atoms with Gasteiger partial charge in [0.1, 0.15) is 6.04 Å². The van der Waals surface area contributed by atoms with Crippen molar-refractivity contribution in [2.24, 2.45) is 11.7 Å². The molecule has 1 amide bonds. The maximum Gasteiger partial charge on any atom is 0.240 e. The molecule has 0 aliphatic carbocycles. The average molecular weight is 194 g/mol. The summed E-state index contributed by atoms with van der Waals surface area (Å²) in [7, 11) is 0. The Labute approximate surface area is 84.9 Å². The van der Waals surface area contributed by atoms with Gasteiger partial charge < -0.3 is 10.3 Å². The monoisotopic (exact) mass is 194 g/mol. The number of aryl methyl sites for hydroxylation is 2. The Morgan fingerprint density at radius 1 is 1.29 bits per heavy atom. The van der Waals surface area contributed by atoms with Gasteiger partial charge in [-0.1, -0.05) is 13.8 Å². The number of nitrogens with zero attached hydrogens (tertiary/aromatic N) is 1. The molecule has 0 fully saturated rings. The van der Waals surface area contributed by atoms with Crippen LogP contribution in [0.2, 0.25) is 0 Å². The van der Waals surface area contributed by atoms with E-state index in [0.717, 1.165) is 11.4 Å². The van der Waals surface area contributed by atoms with Crippen LogP contribution >= 0.6 is 0 Å². The molecule has 0 aromatic carbocycles. The smallest absolute Gasteiger partial charge is 0.240 e. The molecule has 78 valence electrons. The highest BCUT2D eigenvalue weighted by molar-refractivity contribution is 5.78. The summed E-state index contributed by atoms with van der Waals surface area (Å²) in [5, 5.41) is 0. The molecule has 3 nitrogen and oxygen atoms in total. The molecular formula is C11H18N2O. The molecule has 1 atom stereocenters. The Bertz CT molecular complexity index is 320. The van der Waals surface area contributed by atoms with Crippen LogP contribution in [0.5, 0.6) is 0 Å². The number of nitrogens with two attached hydrogens (primary N) is 1. The molecular weight excluding hydrogens is 176 g/mol. The number of amides is 1. The Balaban J connectivity index is 3.17. The first-order valence-corrected chi connectivity index (χ1v) is 4.89. The lowest BCUT2D eigenvalue weighted by atomic mass is 10.0. The van der Waals surface area contributed by atoms with Gasteiger partial charge in [-0.3, -0.25) is 4.79 Å². The van der Waals surface area contributed by atoms with Crippen molar-refractivity contribution >= 4 is 5.91 Å². The van der Waals surface area contributed by atoms with Crippen LogP contribution in [0.3, 0.4) is 0 Å². The summed E-state index contributed by atoms with van der Waals surface area (Å²) in [6.45, 7) is 8.00. The fourth-order valence-corrected chi connectivity index (χ4v) is 1.87. The predicted molar refractivity (Wildman–Crippen MR) is 57.0 cm³/mol. The Kier molecular flexibility index (Phi) is 2.99. The Hall–Kier alpha value is -1.25. The SMILES string of the molecule is Cc1ccc(C)n1C(C(N)=O)C(C)C. The molecule has 1 aromatic heterocycles. The van der Waals surface area contributed by atoms with Gasteiger partial charge in [0.15, 0.2) is 0 Å². The normalized spacial score (nSPS) is 13.2. The lowest BCUT2D eigenvalue weighted by molar-refractivity contribution is -0.122. The molecule has 14 heavy (non-hydrogen) atoms. The largest absolute Gasteiger partial charge is 0.368 e. The van der Waals surface area contributed by atoms with E-state index in [1.807, 2.05) is 44.4 Å². The van der Waals surface area contributed by atoms with Gasteiger partial charge in [0.05, 0.1) is 0 Å². The Morgan fingerprint density at radius 3 is 2.00 bits per heavy atom. The zero-order valence-electron chi connectivity index (χ0n) is 9.24. The highest BCUT2D eigenvalue weighted by Gasteiger charge is 2.23. The summed E-state index contributed by atoms with van der Waals surface area (Å²) in [6, 6.07) is 3.78. The number of hydrogen-bond donors (Lipinski definition) is 1. The third-order valence-electron chi connectivity index (χ3n) is 2.53. The number of carbonyl (C=O) groups is 1. The molecule has 0 saturated heterocycles. The van der Waals surface area contributed by atoms with Gasteiger partial charge in [-0.2, -0.15) is 0 Å². The van der Waals surface area contributed by atoms with Crippen molar-refractivity contribution in [3.8, 4) is 0 Å². The van der Waals surface area contributed by atoms with Crippen molar-refractivity contribution in [3.05, 3.63) is 23.5 Å². The number of hydrogen-bond acceptors (Lipinski definition) is 1. The van der Waals surface area contributed by atoms with Crippen LogP contribution in [0.15, 0.2) is 12.1 Å². The summed E-state index contributed by atoms with van der Waals surface area (Å²) in [5.74, 6) is -0.0419. The third kappa shape index (κ3) is 1.81. The van der Waals surface area contributed by atoms with Crippen LogP contribution < -0.4 is 5.73 Å². The van der Waals surface area contributed by atoms with Crippen molar-refractivity contribution in [3.63, 3.8) is 0 Å². The first kappa shape index (κ1) is 10.8. The van der Waals surface area contributed by atoms with Gasteiger partial charge in [-0.05, 0) is 31.9 Å². The highest BCUT2D eigenvalue weighted by atomic mass is 16.1. The standard InChI is InChI=1S/C11H18N2O/c1-7(2)10(11(12)14)13-8(3)5-6-9(13)4/h5-7,10H,1-4H3,(H2,12,14). The quantitative estimate of drug-likeness (QED) is 0.783. The minimum Gasteiger partial charge on any atom is -0.368 e. The first-order chi connectivity index (χ1) is 6.45. The minimum absolute atomic E-state index is 0.220. The minimum atomic E-state index is -0.262. The molecule has 0 aliphatic rings. The zero-order chi connectivity index (χ0) is 10.9. The summed E-state index contributed by atoms with van der Waals surface area (Å²) in [6.07, 6.45) is 0. The summed E-state index contributed by atoms with van der Waals surface area (Å²) >= 11 is 0. The van der Waals surface area contributed by atoms with Crippen molar-refractivity contribution in [2.75, 3.05) is 0 Å². The molecule has 1 rings (SSSR count). The van der Waals surface area contributed by atoms with Gasteiger partial charge in [0.2, 0.25) is 5.91 Å². The van der Waals surface area contributed by atoms with Crippen molar-refractivity contribution < 1.29 is 4.79 Å². The van der Waals surface area contributed by atoms with Crippen molar-refractivity contribution in [1.82, 2.24) is 4.57 Å². The van der Waals surface area contributed by atoms with Crippen LogP contribution in [0.4, 0.5) is 0 Å². The summed E-state index contributed by atoms with van der Waals surface area (Å²) < 4.78 is 2.01. The lowest BCUT2D eigenvalue weighted by Crippen LogP contribution is -2.31. The topological polar surface area (TPSA) is 48.0 Å². The molecule has 1 aromatic rings. The maximum absolute atomic E-state index is 11.3. The van der Waals surface area contributed by atoms with Crippen molar-refractivity contribution in [2.45, 2.75) is 33.7 Å². The first-order valence-electron chi connectivity index (χ1n) is 4.89. The summed E-state index contributed by atoms with van der Waals surface area (Å²) in [5.41, 5.74) is 7.57. The van der Waals surface area contributed by atoms with Crippen LogP contribution in [-0.2, 0) is 4.79 Å². The van der Waals surface area contributed by atoms with E-state index in [-0.39, 0.29) is 17.9 Å². The number of carbonyl (C=O) groups excluding carboxylic acids is 1. The molecule has 0 saturated carbocycles. The van der Waals surface area contributed by atoms with E-state index >= 15 is 0 Å². The van der Waals surface area contributed by atoms with E-state index in [1.54, 1.807) is 0 Å². The molecule has 0 radical (unpaired) electrons. The van der Waals surface area contributed by atoms with E-state index in [0.29, 0.717) is 0 Å². The Morgan fingerprint density at radius 2 is 1.71 bits per heavy atom. The second-order valence-electron chi connectivity index (χ2n) is 4.08. The number of primary amides is 1. The zero-order valence-corrected chi connectivity index (χ0v) is 9.24. The van der Waals surface area contributed by atoms with E-state index in [1.165, 1.54) is 0 Å². The molecule has 2 N–H and O–H groups in total. The predicted octanol–water partition coefficient (Wildman–Crippen LogP) is 1.79. The third-order valence-corrected chi connectivity index (χ3v) is 2.53. The van der Waals surface area contributed by atoms with E-state index in [4.69, 9.17) is 5.73 Å². The molecule has 0 spiro atoms. The molecule has 1 heterocycles. The van der Waals surface area contributed by atoms with Crippen LogP contribution in [-0.4, -0.2) is 10.5 Å². The van der Waals surface area contributed by atoms with Crippen LogP contribution in [0, 0.1) is 19.8 Å². The van der Waals surface area contributed by atoms with Gasteiger partial charge in [-0.25, -0.2) is 0 Å². The fraction of sp³-hybridized carbons (Fsp3) is 0.545. The maximum atomic E-state index is 11.3. The average Bonchev–Trinajstić information content (AvgIpc) is 2.34. The molecule has 0 aliphatic heterocycles. The van der Waals surface area contributed by atoms with Gasteiger partial charge in [-0.15, -0.1) is 0 Å². The fourth-order valence-electron chi connectivity index (χ4n) is 1.87. The second-order valence-corrected chi connectivity index (χ2v) is 4.08.